The predicted molar refractivity (Wildman–Crippen MR) is 72.0 cm³/mol. The number of aromatic nitrogens is 2. The molecule has 1 aromatic carbocycles. The fourth-order valence-corrected chi connectivity index (χ4v) is 1.75. The highest BCUT2D eigenvalue weighted by Crippen LogP contribution is 2.25. The minimum Gasteiger partial charge on any atom is -0.383 e. The molecule has 0 spiro atoms. The van der Waals surface area contributed by atoms with Crippen LogP contribution in [0.1, 0.15) is 5.69 Å². The molecule has 0 amide bonds. The van der Waals surface area contributed by atoms with Gasteiger partial charge in [0, 0.05) is 10.0 Å². The van der Waals surface area contributed by atoms with Gasteiger partial charge in [-0.15, -0.1) is 0 Å². The van der Waals surface area contributed by atoms with Gasteiger partial charge >= 0.3 is 0 Å². The lowest BCUT2D eigenvalue weighted by Crippen LogP contribution is -1.99. The van der Waals surface area contributed by atoms with E-state index in [2.05, 4.69) is 41.8 Å². The Balaban J connectivity index is 2.52. The van der Waals surface area contributed by atoms with Crippen molar-refractivity contribution in [3.05, 3.63) is 38.9 Å². The van der Waals surface area contributed by atoms with Crippen molar-refractivity contribution in [1.82, 2.24) is 9.97 Å². The maximum atomic E-state index is 5.78. The van der Waals surface area contributed by atoms with Gasteiger partial charge in [-0.3, -0.25) is 0 Å². The van der Waals surface area contributed by atoms with Crippen LogP contribution < -0.4 is 5.73 Å². The minimum atomic E-state index is 0.463. The molecule has 0 aliphatic heterocycles. The van der Waals surface area contributed by atoms with Crippen LogP contribution >= 0.6 is 31.9 Å². The second kappa shape index (κ2) is 4.51. The van der Waals surface area contributed by atoms with Gasteiger partial charge in [0.1, 0.15) is 5.82 Å². The lowest BCUT2D eigenvalue weighted by Gasteiger charge is -2.05. The predicted octanol–water partition coefficient (Wildman–Crippen LogP) is 3.56. The molecular formula is C11H9Br2N3. The first-order chi connectivity index (χ1) is 7.58. The van der Waals surface area contributed by atoms with Crippen molar-refractivity contribution in [2.45, 2.75) is 6.92 Å². The fraction of sp³-hybridized carbons (Fsp3) is 0.0909. The smallest absolute Gasteiger partial charge is 0.161 e. The minimum absolute atomic E-state index is 0.463. The van der Waals surface area contributed by atoms with Gasteiger partial charge in [-0.1, -0.05) is 28.1 Å². The Labute approximate surface area is 110 Å². The summed E-state index contributed by atoms with van der Waals surface area (Å²) in [6.07, 6.45) is 0. The number of anilines is 1. The van der Waals surface area contributed by atoms with Crippen LogP contribution in [0, 0.1) is 6.92 Å². The molecule has 5 heteroatoms. The number of nitrogen functional groups attached to an aromatic ring is 1. The maximum absolute atomic E-state index is 5.78. The van der Waals surface area contributed by atoms with E-state index in [1.807, 2.05) is 31.2 Å². The van der Waals surface area contributed by atoms with Crippen molar-refractivity contribution >= 4 is 37.7 Å². The number of halogens is 2. The number of benzene rings is 1. The zero-order valence-electron chi connectivity index (χ0n) is 8.54. The molecule has 82 valence electrons. The normalized spacial score (nSPS) is 10.4. The van der Waals surface area contributed by atoms with E-state index in [1.54, 1.807) is 0 Å². The first-order valence-electron chi connectivity index (χ1n) is 4.63. The maximum Gasteiger partial charge on any atom is 0.161 e. The summed E-state index contributed by atoms with van der Waals surface area (Å²) in [6, 6.07) is 7.80. The first-order valence-corrected chi connectivity index (χ1v) is 6.22. The zero-order valence-corrected chi connectivity index (χ0v) is 11.7. The molecule has 0 fully saturated rings. The summed E-state index contributed by atoms with van der Waals surface area (Å²) < 4.78 is 1.78. The Hall–Kier alpha value is -0.940. The zero-order chi connectivity index (χ0) is 11.7. The van der Waals surface area contributed by atoms with E-state index in [9.17, 15) is 0 Å². The van der Waals surface area contributed by atoms with Crippen molar-refractivity contribution < 1.29 is 0 Å². The molecule has 3 nitrogen and oxygen atoms in total. The third-order valence-electron chi connectivity index (χ3n) is 2.14. The fourth-order valence-electron chi connectivity index (χ4n) is 1.31. The number of nitrogens with two attached hydrogens (primary N) is 1. The third-order valence-corrected chi connectivity index (χ3v) is 3.65. The molecule has 0 saturated heterocycles. The van der Waals surface area contributed by atoms with E-state index in [4.69, 9.17) is 5.73 Å². The van der Waals surface area contributed by atoms with E-state index < -0.39 is 0 Å². The lowest BCUT2D eigenvalue weighted by molar-refractivity contribution is 1.10. The molecule has 0 saturated carbocycles. The van der Waals surface area contributed by atoms with E-state index in [0.717, 1.165) is 20.2 Å². The summed E-state index contributed by atoms with van der Waals surface area (Å²) >= 11 is 6.73. The molecular weight excluding hydrogens is 334 g/mol. The van der Waals surface area contributed by atoms with Gasteiger partial charge in [-0.05, 0) is 35.0 Å². The number of nitrogens with zero attached hydrogens (tertiary/aromatic N) is 2. The monoisotopic (exact) mass is 341 g/mol. The van der Waals surface area contributed by atoms with Crippen LogP contribution in [0.2, 0.25) is 0 Å². The number of rotatable bonds is 1. The van der Waals surface area contributed by atoms with Crippen LogP contribution in [0.5, 0.6) is 0 Å². The van der Waals surface area contributed by atoms with E-state index >= 15 is 0 Å². The molecule has 0 bridgehead atoms. The van der Waals surface area contributed by atoms with Gasteiger partial charge in [0.15, 0.2) is 5.82 Å². The standard InChI is InChI=1S/C11H9Br2N3/c1-6-9(13)10(14)16-11(15-6)7-2-4-8(12)5-3-7/h2-5H,1H3,(H2,14,15,16). The molecule has 0 aliphatic carbocycles. The van der Waals surface area contributed by atoms with Gasteiger partial charge in [0.25, 0.3) is 0 Å². The lowest BCUT2D eigenvalue weighted by atomic mass is 10.2. The second-order valence-corrected chi connectivity index (χ2v) is 5.05. The van der Waals surface area contributed by atoms with E-state index in [1.165, 1.54) is 0 Å². The summed E-state index contributed by atoms with van der Waals surface area (Å²) in [5.74, 6) is 1.11. The van der Waals surface area contributed by atoms with Gasteiger partial charge < -0.3 is 5.73 Å². The van der Waals surface area contributed by atoms with E-state index in [-0.39, 0.29) is 0 Å². The summed E-state index contributed by atoms with van der Waals surface area (Å²) in [5, 5.41) is 0. The highest BCUT2D eigenvalue weighted by atomic mass is 79.9. The van der Waals surface area contributed by atoms with Crippen LogP contribution in [0.15, 0.2) is 33.2 Å². The first kappa shape index (κ1) is 11.5. The number of hydrogen-bond donors (Lipinski definition) is 1. The summed E-state index contributed by atoms with van der Waals surface area (Å²) in [4.78, 5) is 8.62. The van der Waals surface area contributed by atoms with Crippen molar-refractivity contribution in [1.29, 1.82) is 0 Å². The quantitative estimate of drug-likeness (QED) is 0.862. The van der Waals surface area contributed by atoms with Crippen LogP contribution in [0.4, 0.5) is 5.82 Å². The molecule has 0 atom stereocenters. The van der Waals surface area contributed by atoms with Crippen LogP contribution in [0.3, 0.4) is 0 Å². The van der Waals surface area contributed by atoms with Crippen molar-refractivity contribution in [2.75, 3.05) is 5.73 Å². The molecule has 0 unspecified atom stereocenters. The molecule has 16 heavy (non-hydrogen) atoms. The second-order valence-electron chi connectivity index (χ2n) is 3.34. The average Bonchev–Trinajstić information content (AvgIpc) is 2.26. The molecule has 2 N–H and O–H groups in total. The summed E-state index contributed by atoms with van der Waals surface area (Å²) in [7, 11) is 0. The Kier molecular flexibility index (Phi) is 3.25. The van der Waals surface area contributed by atoms with Crippen molar-refractivity contribution in [2.24, 2.45) is 0 Å². The SMILES string of the molecule is Cc1nc(-c2ccc(Br)cc2)nc(N)c1Br. The van der Waals surface area contributed by atoms with Gasteiger partial charge in [-0.2, -0.15) is 0 Å². The van der Waals surface area contributed by atoms with Gasteiger partial charge in [-0.25, -0.2) is 9.97 Å². The van der Waals surface area contributed by atoms with Gasteiger partial charge in [0.05, 0.1) is 10.2 Å². The Morgan fingerprint density at radius 2 is 1.69 bits per heavy atom. The largest absolute Gasteiger partial charge is 0.383 e. The molecule has 0 radical (unpaired) electrons. The average molecular weight is 343 g/mol. The Morgan fingerprint density at radius 1 is 1.06 bits per heavy atom. The van der Waals surface area contributed by atoms with Crippen molar-refractivity contribution in [3.8, 4) is 11.4 Å². The van der Waals surface area contributed by atoms with Crippen LogP contribution in [0.25, 0.3) is 11.4 Å². The molecule has 2 rings (SSSR count). The number of aryl methyl sites for hydroxylation is 1. The van der Waals surface area contributed by atoms with E-state index in [0.29, 0.717) is 11.6 Å². The van der Waals surface area contributed by atoms with Crippen molar-refractivity contribution in [3.63, 3.8) is 0 Å². The molecule has 1 heterocycles. The summed E-state index contributed by atoms with van der Waals surface area (Å²) in [6.45, 7) is 1.89. The Morgan fingerprint density at radius 3 is 2.25 bits per heavy atom. The molecule has 0 aliphatic rings. The molecule has 2 aromatic rings. The highest BCUT2D eigenvalue weighted by Gasteiger charge is 2.07. The summed E-state index contributed by atoms with van der Waals surface area (Å²) in [5.41, 5.74) is 7.57. The van der Waals surface area contributed by atoms with Gasteiger partial charge in [0.2, 0.25) is 0 Å². The van der Waals surface area contributed by atoms with Crippen LogP contribution in [-0.2, 0) is 0 Å². The highest BCUT2D eigenvalue weighted by molar-refractivity contribution is 9.10. The number of hydrogen-bond acceptors (Lipinski definition) is 3. The third kappa shape index (κ3) is 2.25. The topological polar surface area (TPSA) is 51.8 Å². The Bertz CT molecular complexity index is 500. The van der Waals surface area contributed by atoms with Crippen LogP contribution in [-0.4, -0.2) is 9.97 Å². The molecule has 1 aromatic heterocycles.